The van der Waals surface area contributed by atoms with E-state index < -0.39 is 5.97 Å². The number of aliphatic carboxylic acids is 1. The molecule has 0 bridgehead atoms. The van der Waals surface area contributed by atoms with Gasteiger partial charge in [-0.3, -0.25) is 4.79 Å². The normalized spacial score (nSPS) is 26.0. The van der Waals surface area contributed by atoms with Crippen LogP contribution in [0.2, 0.25) is 0 Å². The smallest absolute Gasteiger partial charge is 0.311 e. The monoisotopic (exact) mass is 257 g/mol. The van der Waals surface area contributed by atoms with Crippen molar-refractivity contribution in [1.29, 1.82) is 0 Å². The molecule has 1 heterocycles. The van der Waals surface area contributed by atoms with E-state index in [0.29, 0.717) is 12.5 Å². The van der Waals surface area contributed by atoms with E-state index >= 15 is 0 Å². The van der Waals surface area contributed by atoms with E-state index in [4.69, 9.17) is 0 Å². The second kappa shape index (κ2) is 5.08. The summed E-state index contributed by atoms with van der Waals surface area (Å²) in [5, 5.41) is 9.35. The molecule has 3 heteroatoms. The SMILES string of the molecule is O=C(O)C1CCN(C2C=CCCC2)c2ccccc21. The van der Waals surface area contributed by atoms with Crippen molar-refractivity contribution < 1.29 is 9.90 Å². The number of allylic oxidation sites excluding steroid dienone is 1. The molecule has 0 radical (unpaired) electrons. The molecule has 3 rings (SSSR count). The van der Waals surface area contributed by atoms with Gasteiger partial charge in [-0.2, -0.15) is 0 Å². The van der Waals surface area contributed by atoms with Crippen LogP contribution < -0.4 is 4.90 Å². The molecule has 100 valence electrons. The highest BCUT2D eigenvalue weighted by molar-refractivity contribution is 5.80. The van der Waals surface area contributed by atoms with Crippen molar-refractivity contribution in [2.75, 3.05) is 11.4 Å². The summed E-state index contributed by atoms with van der Waals surface area (Å²) in [7, 11) is 0. The van der Waals surface area contributed by atoms with Crippen molar-refractivity contribution in [1.82, 2.24) is 0 Å². The quantitative estimate of drug-likeness (QED) is 0.827. The van der Waals surface area contributed by atoms with Gasteiger partial charge >= 0.3 is 5.97 Å². The molecule has 1 aliphatic carbocycles. The Kier molecular flexibility index (Phi) is 3.28. The molecule has 1 aromatic rings. The van der Waals surface area contributed by atoms with Gasteiger partial charge in [-0.1, -0.05) is 30.4 Å². The Bertz CT molecular complexity index is 509. The number of fused-ring (bicyclic) bond motifs is 1. The molecule has 2 aliphatic rings. The molecule has 1 N–H and O–H groups in total. The standard InChI is InChI=1S/C16H19NO2/c18-16(19)14-10-11-17(12-6-2-1-3-7-12)15-9-5-4-8-13(14)15/h2,4-6,8-9,12,14H,1,3,7,10-11H2,(H,18,19). The van der Waals surface area contributed by atoms with Gasteiger partial charge in [-0.05, 0) is 37.3 Å². The predicted molar refractivity (Wildman–Crippen MR) is 75.6 cm³/mol. The minimum Gasteiger partial charge on any atom is -0.481 e. The van der Waals surface area contributed by atoms with Gasteiger partial charge < -0.3 is 10.0 Å². The number of hydrogen-bond donors (Lipinski definition) is 1. The van der Waals surface area contributed by atoms with Crippen LogP contribution in [0, 0.1) is 0 Å². The Morgan fingerprint density at radius 3 is 2.84 bits per heavy atom. The maximum atomic E-state index is 11.4. The van der Waals surface area contributed by atoms with Gasteiger partial charge in [0.15, 0.2) is 0 Å². The van der Waals surface area contributed by atoms with E-state index in [9.17, 15) is 9.90 Å². The van der Waals surface area contributed by atoms with Crippen LogP contribution in [-0.2, 0) is 4.79 Å². The number of para-hydroxylation sites is 1. The fraction of sp³-hybridized carbons (Fsp3) is 0.438. The molecular formula is C16H19NO2. The lowest BCUT2D eigenvalue weighted by Crippen LogP contribution is -2.40. The van der Waals surface area contributed by atoms with Crippen molar-refractivity contribution in [3.05, 3.63) is 42.0 Å². The number of anilines is 1. The molecule has 0 saturated heterocycles. The number of carbonyl (C=O) groups is 1. The van der Waals surface area contributed by atoms with E-state index in [-0.39, 0.29) is 5.92 Å². The maximum Gasteiger partial charge on any atom is 0.311 e. The molecule has 1 aromatic carbocycles. The van der Waals surface area contributed by atoms with Crippen molar-refractivity contribution >= 4 is 11.7 Å². The molecule has 0 spiro atoms. The first kappa shape index (κ1) is 12.3. The molecule has 19 heavy (non-hydrogen) atoms. The van der Waals surface area contributed by atoms with Crippen LogP contribution in [0.3, 0.4) is 0 Å². The number of hydrogen-bond acceptors (Lipinski definition) is 2. The summed E-state index contributed by atoms with van der Waals surface area (Å²) in [6, 6.07) is 8.40. The number of benzene rings is 1. The summed E-state index contributed by atoms with van der Waals surface area (Å²) in [5.41, 5.74) is 2.08. The van der Waals surface area contributed by atoms with Crippen LogP contribution in [0.4, 0.5) is 5.69 Å². The first-order chi connectivity index (χ1) is 9.27. The summed E-state index contributed by atoms with van der Waals surface area (Å²) in [6.07, 6.45) is 8.80. The van der Waals surface area contributed by atoms with Crippen LogP contribution in [0.25, 0.3) is 0 Å². The van der Waals surface area contributed by atoms with E-state index in [1.165, 1.54) is 19.3 Å². The topological polar surface area (TPSA) is 40.5 Å². The van der Waals surface area contributed by atoms with Crippen LogP contribution in [0.1, 0.15) is 37.2 Å². The summed E-state index contributed by atoms with van der Waals surface area (Å²) in [5.74, 6) is -1.05. The third-order valence-electron chi connectivity index (χ3n) is 4.21. The lowest BCUT2D eigenvalue weighted by molar-refractivity contribution is -0.139. The third kappa shape index (κ3) is 2.25. The van der Waals surface area contributed by atoms with Crippen LogP contribution in [0.15, 0.2) is 36.4 Å². The predicted octanol–water partition coefficient (Wildman–Crippen LogP) is 3.17. The van der Waals surface area contributed by atoms with Gasteiger partial charge in [0.2, 0.25) is 0 Å². The molecular weight excluding hydrogens is 238 g/mol. The van der Waals surface area contributed by atoms with Gasteiger partial charge in [-0.15, -0.1) is 0 Å². The summed E-state index contributed by atoms with van der Waals surface area (Å²) in [4.78, 5) is 13.7. The second-order valence-electron chi connectivity index (χ2n) is 5.36. The zero-order valence-corrected chi connectivity index (χ0v) is 11.0. The Hall–Kier alpha value is -1.77. The van der Waals surface area contributed by atoms with E-state index in [1.54, 1.807) is 0 Å². The van der Waals surface area contributed by atoms with E-state index in [1.807, 2.05) is 18.2 Å². The van der Waals surface area contributed by atoms with Crippen molar-refractivity contribution in [2.24, 2.45) is 0 Å². The first-order valence-electron chi connectivity index (χ1n) is 7.02. The van der Waals surface area contributed by atoms with Gasteiger partial charge in [0.25, 0.3) is 0 Å². The summed E-state index contributed by atoms with van der Waals surface area (Å²) in [6.45, 7) is 0.836. The highest BCUT2D eigenvalue weighted by atomic mass is 16.4. The molecule has 0 aromatic heterocycles. The zero-order valence-electron chi connectivity index (χ0n) is 11.0. The minimum absolute atomic E-state index is 0.347. The van der Waals surface area contributed by atoms with Crippen molar-refractivity contribution in [3.8, 4) is 0 Å². The zero-order chi connectivity index (χ0) is 13.2. The molecule has 2 unspecified atom stereocenters. The number of rotatable bonds is 2. The summed E-state index contributed by atoms with van der Waals surface area (Å²) >= 11 is 0. The Morgan fingerprint density at radius 2 is 2.11 bits per heavy atom. The van der Waals surface area contributed by atoms with Crippen LogP contribution in [-0.4, -0.2) is 23.7 Å². The molecule has 0 saturated carbocycles. The fourth-order valence-electron chi connectivity index (χ4n) is 3.24. The molecule has 3 nitrogen and oxygen atoms in total. The van der Waals surface area contributed by atoms with Gasteiger partial charge in [0.05, 0.1) is 5.92 Å². The maximum absolute atomic E-state index is 11.4. The Labute approximate surface area is 113 Å². The second-order valence-corrected chi connectivity index (χ2v) is 5.36. The first-order valence-corrected chi connectivity index (χ1v) is 7.02. The summed E-state index contributed by atoms with van der Waals surface area (Å²) < 4.78 is 0. The average Bonchev–Trinajstić information content (AvgIpc) is 2.47. The largest absolute Gasteiger partial charge is 0.481 e. The van der Waals surface area contributed by atoms with Gasteiger partial charge in [-0.25, -0.2) is 0 Å². The molecule has 1 aliphatic heterocycles. The lowest BCUT2D eigenvalue weighted by atomic mass is 9.88. The average molecular weight is 257 g/mol. The minimum atomic E-state index is -0.703. The van der Waals surface area contributed by atoms with Crippen molar-refractivity contribution in [2.45, 2.75) is 37.6 Å². The Balaban J connectivity index is 1.96. The highest BCUT2D eigenvalue weighted by Crippen LogP contribution is 2.37. The lowest BCUT2D eigenvalue weighted by Gasteiger charge is -2.39. The molecule has 2 atom stereocenters. The van der Waals surface area contributed by atoms with Crippen LogP contribution >= 0.6 is 0 Å². The van der Waals surface area contributed by atoms with Gasteiger partial charge in [0.1, 0.15) is 0 Å². The van der Waals surface area contributed by atoms with E-state index in [0.717, 1.165) is 17.8 Å². The van der Waals surface area contributed by atoms with Crippen molar-refractivity contribution in [3.63, 3.8) is 0 Å². The van der Waals surface area contributed by atoms with Gasteiger partial charge in [0, 0.05) is 18.3 Å². The Morgan fingerprint density at radius 1 is 1.26 bits per heavy atom. The fourth-order valence-corrected chi connectivity index (χ4v) is 3.24. The number of carboxylic acids is 1. The van der Waals surface area contributed by atoms with E-state index in [2.05, 4.69) is 23.1 Å². The number of nitrogens with zero attached hydrogens (tertiary/aromatic N) is 1. The number of carboxylic acid groups (broad SMARTS) is 1. The van der Waals surface area contributed by atoms with Crippen LogP contribution in [0.5, 0.6) is 0 Å². The molecule has 0 fully saturated rings. The molecule has 0 amide bonds. The highest BCUT2D eigenvalue weighted by Gasteiger charge is 2.32. The third-order valence-corrected chi connectivity index (χ3v) is 4.21.